The molecule has 8 heavy (non-hydrogen) atoms. The van der Waals surface area contributed by atoms with Crippen LogP contribution in [0.3, 0.4) is 0 Å². The normalized spacial score (nSPS) is 31.5. The molecule has 0 aromatic carbocycles. The number of nitrogens with two attached hydrogens (primary N) is 1. The molecule has 0 aromatic rings. The lowest BCUT2D eigenvalue weighted by Gasteiger charge is -2.41. The molecule has 1 rings (SSSR count). The van der Waals surface area contributed by atoms with Crippen molar-refractivity contribution in [2.24, 2.45) is 5.73 Å². The van der Waals surface area contributed by atoms with Gasteiger partial charge in [0, 0.05) is 18.4 Å². The third kappa shape index (κ3) is 0.968. The highest BCUT2D eigenvalue weighted by molar-refractivity contribution is 4.99. The van der Waals surface area contributed by atoms with Crippen LogP contribution in [0.5, 0.6) is 0 Å². The molecular weight excluding hydrogens is 112 g/mol. The standard InChI is InChI=1S/C5H9F2N/c1-4(8)2-5(6,7)3-4/h2-3,8H2,1H3. The SMILES string of the molecule is CC1(N)CC(F)(F)C1. The first-order chi connectivity index (χ1) is 3.41. The van der Waals surface area contributed by atoms with Gasteiger partial charge >= 0.3 is 0 Å². The van der Waals surface area contributed by atoms with Gasteiger partial charge in [-0.25, -0.2) is 8.78 Å². The molecule has 1 aliphatic carbocycles. The van der Waals surface area contributed by atoms with Crippen molar-refractivity contribution in [3.05, 3.63) is 0 Å². The molecule has 0 saturated heterocycles. The monoisotopic (exact) mass is 121 g/mol. The topological polar surface area (TPSA) is 26.0 Å². The van der Waals surface area contributed by atoms with Crippen molar-refractivity contribution in [2.75, 3.05) is 0 Å². The van der Waals surface area contributed by atoms with Crippen molar-refractivity contribution < 1.29 is 8.78 Å². The maximum absolute atomic E-state index is 12.0. The van der Waals surface area contributed by atoms with Gasteiger partial charge in [-0.05, 0) is 6.92 Å². The Balaban J connectivity index is 2.42. The lowest BCUT2D eigenvalue weighted by atomic mass is 9.76. The highest BCUT2D eigenvalue weighted by Gasteiger charge is 2.51. The largest absolute Gasteiger partial charge is 0.325 e. The van der Waals surface area contributed by atoms with Gasteiger partial charge in [-0.2, -0.15) is 0 Å². The summed E-state index contributed by atoms with van der Waals surface area (Å²) in [5.41, 5.74) is 4.72. The van der Waals surface area contributed by atoms with Crippen LogP contribution in [0.15, 0.2) is 0 Å². The molecule has 0 heterocycles. The number of hydrogen-bond donors (Lipinski definition) is 1. The fourth-order valence-electron chi connectivity index (χ4n) is 1.13. The van der Waals surface area contributed by atoms with E-state index in [4.69, 9.17) is 5.73 Å². The average Bonchev–Trinajstić information content (AvgIpc) is 1.20. The molecule has 1 nitrogen and oxygen atoms in total. The molecule has 0 unspecified atom stereocenters. The molecule has 1 saturated carbocycles. The van der Waals surface area contributed by atoms with Gasteiger partial charge in [-0.1, -0.05) is 0 Å². The first-order valence-corrected chi connectivity index (χ1v) is 2.58. The highest BCUT2D eigenvalue weighted by Crippen LogP contribution is 2.43. The molecule has 2 N–H and O–H groups in total. The van der Waals surface area contributed by atoms with E-state index in [-0.39, 0.29) is 12.8 Å². The Morgan fingerprint density at radius 1 is 1.38 bits per heavy atom. The van der Waals surface area contributed by atoms with Crippen molar-refractivity contribution in [2.45, 2.75) is 31.2 Å². The van der Waals surface area contributed by atoms with Gasteiger partial charge in [0.25, 0.3) is 5.92 Å². The fourth-order valence-corrected chi connectivity index (χ4v) is 1.13. The summed E-state index contributed by atoms with van der Waals surface area (Å²) in [6, 6.07) is 0. The van der Waals surface area contributed by atoms with E-state index in [9.17, 15) is 8.78 Å². The minimum Gasteiger partial charge on any atom is -0.325 e. The number of rotatable bonds is 0. The van der Waals surface area contributed by atoms with Crippen LogP contribution >= 0.6 is 0 Å². The van der Waals surface area contributed by atoms with Crippen LogP contribution in [0.1, 0.15) is 19.8 Å². The Kier molecular flexibility index (Phi) is 0.899. The van der Waals surface area contributed by atoms with Gasteiger partial charge in [-0.3, -0.25) is 0 Å². The predicted octanol–water partition coefficient (Wildman–Crippen LogP) is 1.13. The molecule has 1 aliphatic rings. The molecule has 0 amide bonds. The third-order valence-electron chi connectivity index (χ3n) is 1.32. The molecule has 0 radical (unpaired) electrons. The Morgan fingerprint density at radius 3 is 1.75 bits per heavy atom. The molecule has 0 bridgehead atoms. The lowest BCUT2D eigenvalue weighted by molar-refractivity contribution is -0.116. The second kappa shape index (κ2) is 1.21. The zero-order valence-electron chi connectivity index (χ0n) is 4.75. The molecule has 1 fully saturated rings. The molecular formula is C5H9F2N. The van der Waals surface area contributed by atoms with Crippen LogP contribution in [0, 0.1) is 0 Å². The summed E-state index contributed by atoms with van der Waals surface area (Å²) < 4.78 is 23.9. The molecule has 48 valence electrons. The lowest BCUT2D eigenvalue weighted by Crippen LogP contribution is -2.55. The summed E-state index contributed by atoms with van der Waals surface area (Å²) in [7, 11) is 0. The molecule has 0 aliphatic heterocycles. The van der Waals surface area contributed by atoms with Gasteiger partial charge in [0.2, 0.25) is 0 Å². The van der Waals surface area contributed by atoms with Gasteiger partial charge in [0.05, 0.1) is 0 Å². The van der Waals surface area contributed by atoms with E-state index in [2.05, 4.69) is 0 Å². The fraction of sp³-hybridized carbons (Fsp3) is 1.00. The molecule has 0 atom stereocenters. The van der Waals surface area contributed by atoms with Gasteiger partial charge in [-0.15, -0.1) is 0 Å². The maximum atomic E-state index is 12.0. The van der Waals surface area contributed by atoms with Gasteiger partial charge in [0.1, 0.15) is 0 Å². The van der Waals surface area contributed by atoms with Crippen LogP contribution in [-0.4, -0.2) is 11.5 Å². The minimum atomic E-state index is -2.47. The van der Waals surface area contributed by atoms with E-state index in [1.165, 1.54) is 0 Å². The van der Waals surface area contributed by atoms with Crippen LogP contribution in [0.4, 0.5) is 8.78 Å². The van der Waals surface area contributed by atoms with E-state index in [1.807, 2.05) is 0 Å². The van der Waals surface area contributed by atoms with Gasteiger partial charge < -0.3 is 5.73 Å². The van der Waals surface area contributed by atoms with E-state index in [0.717, 1.165) is 0 Å². The summed E-state index contributed by atoms with van der Waals surface area (Å²) >= 11 is 0. The second-order valence-electron chi connectivity index (χ2n) is 2.86. The summed E-state index contributed by atoms with van der Waals surface area (Å²) in [6.45, 7) is 1.64. The van der Waals surface area contributed by atoms with Crippen LogP contribution in [0.2, 0.25) is 0 Å². The minimum absolute atomic E-state index is 0.153. The quantitative estimate of drug-likeness (QED) is 0.510. The van der Waals surface area contributed by atoms with E-state index >= 15 is 0 Å². The molecule has 0 aromatic heterocycles. The highest BCUT2D eigenvalue weighted by atomic mass is 19.3. The number of hydrogen-bond acceptors (Lipinski definition) is 1. The van der Waals surface area contributed by atoms with Crippen molar-refractivity contribution in [1.82, 2.24) is 0 Å². The first kappa shape index (κ1) is 5.95. The first-order valence-electron chi connectivity index (χ1n) is 2.58. The van der Waals surface area contributed by atoms with Crippen LogP contribution in [0.25, 0.3) is 0 Å². The van der Waals surface area contributed by atoms with Crippen molar-refractivity contribution in [3.63, 3.8) is 0 Å². The Labute approximate surface area is 46.9 Å². The van der Waals surface area contributed by atoms with Gasteiger partial charge in [0.15, 0.2) is 0 Å². The Hall–Kier alpha value is -0.180. The van der Waals surface area contributed by atoms with E-state index in [1.54, 1.807) is 6.92 Å². The molecule has 3 heteroatoms. The van der Waals surface area contributed by atoms with Crippen LogP contribution < -0.4 is 5.73 Å². The Morgan fingerprint density at radius 2 is 1.75 bits per heavy atom. The van der Waals surface area contributed by atoms with E-state index in [0.29, 0.717) is 0 Å². The average molecular weight is 121 g/mol. The molecule has 0 spiro atoms. The van der Waals surface area contributed by atoms with E-state index < -0.39 is 11.5 Å². The van der Waals surface area contributed by atoms with Crippen LogP contribution in [-0.2, 0) is 0 Å². The summed E-state index contributed by atoms with van der Waals surface area (Å²) in [6.07, 6.45) is -0.306. The second-order valence-corrected chi connectivity index (χ2v) is 2.86. The summed E-state index contributed by atoms with van der Waals surface area (Å²) in [5, 5.41) is 0. The van der Waals surface area contributed by atoms with Crippen molar-refractivity contribution >= 4 is 0 Å². The summed E-state index contributed by atoms with van der Waals surface area (Å²) in [5.74, 6) is -2.47. The number of alkyl halides is 2. The number of halogens is 2. The van der Waals surface area contributed by atoms with Crippen molar-refractivity contribution in [1.29, 1.82) is 0 Å². The predicted molar refractivity (Wildman–Crippen MR) is 26.8 cm³/mol. The summed E-state index contributed by atoms with van der Waals surface area (Å²) in [4.78, 5) is 0. The Bertz CT molecular complexity index is 87.0. The maximum Gasteiger partial charge on any atom is 0.251 e. The van der Waals surface area contributed by atoms with Crippen molar-refractivity contribution in [3.8, 4) is 0 Å². The third-order valence-corrected chi connectivity index (χ3v) is 1.32. The smallest absolute Gasteiger partial charge is 0.251 e. The zero-order valence-corrected chi connectivity index (χ0v) is 4.75. The zero-order chi connectivity index (χ0) is 6.41.